The molecule has 0 radical (unpaired) electrons. The normalized spacial score (nSPS) is 17.4. The number of aliphatic carboxylic acids is 1. The van der Waals surface area contributed by atoms with E-state index in [1.807, 2.05) is 46.7 Å². The van der Waals surface area contributed by atoms with Crippen LogP contribution in [0.3, 0.4) is 0 Å². The highest BCUT2D eigenvalue weighted by atomic mass is 16.5. The lowest BCUT2D eigenvalue weighted by Gasteiger charge is -2.32. The summed E-state index contributed by atoms with van der Waals surface area (Å²) in [5.41, 5.74) is -0.347. The molecule has 1 unspecified atom stereocenters. The molecule has 6 nitrogen and oxygen atoms in total. The number of nitrogens with zero attached hydrogens (tertiary/aromatic N) is 2. The van der Waals surface area contributed by atoms with E-state index in [9.17, 15) is 14.7 Å². The summed E-state index contributed by atoms with van der Waals surface area (Å²) in [6, 6.07) is 0. The molecule has 6 heteroatoms. The van der Waals surface area contributed by atoms with Crippen LogP contribution in [-0.4, -0.2) is 72.2 Å². The van der Waals surface area contributed by atoms with Crippen molar-refractivity contribution < 1.29 is 19.4 Å². The molecule has 1 amide bonds. The van der Waals surface area contributed by atoms with Gasteiger partial charge in [0.25, 0.3) is 5.91 Å². The fraction of sp³-hybridized carbons (Fsp3) is 0.789. The summed E-state index contributed by atoms with van der Waals surface area (Å²) in [7, 11) is 3.87. The predicted octanol–water partition coefficient (Wildman–Crippen LogP) is 1.69. The maximum absolute atomic E-state index is 12.2. The van der Waals surface area contributed by atoms with Gasteiger partial charge in [-0.3, -0.25) is 14.5 Å². The van der Waals surface area contributed by atoms with Gasteiger partial charge in [0.05, 0.1) is 24.2 Å². The Kier molecular flexibility index (Phi) is 7.91. The Balaban J connectivity index is 2.47. The fourth-order valence-electron chi connectivity index (χ4n) is 2.41. The van der Waals surface area contributed by atoms with Crippen LogP contribution in [0.1, 0.15) is 40.5 Å². The number of carboxylic acids is 1. The zero-order valence-corrected chi connectivity index (χ0v) is 16.3. The number of carbonyl (C=O) groups is 2. The quantitative estimate of drug-likeness (QED) is 0.737. The molecule has 0 spiro atoms. The average molecular weight is 352 g/mol. The highest BCUT2D eigenvalue weighted by Gasteiger charge is 2.27. The number of piperidine rings is 1. The van der Waals surface area contributed by atoms with Crippen LogP contribution in [0.25, 0.3) is 0 Å². The number of hydrogen-bond donors (Lipinski definition) is 1. The lowest BCUT2D eigenvalue weighted by Crippen LogP contribution is -2.42. The predicted molar refractivity (Wildman–Crippen MR) is 97.1 cm³/mol. The van der Waals surface area contributed by atoms with Gasteiger partial charge in [-0.15, -0.1) is 0 Å². The van der Waals surface area contributed by atoms with E-state index in [4.69, 9.17) is 4.74 Å². The molecule has 0 aromatic heterocycles. The van der Waals surface area contributed by atoms with Crippen LogP contribution < -0.4 is 0 Å². The summed E-state index contributed by atoms with van der Waals surface area (Å²) >= 11 is 0. The first-order valence-corrected chi connectivity index (χ1v) is 8.88. The minimum atomic E-state index is -0.818. The van der Waals surface area contributed by atoms with Gasteiger partial charge in [0, 0.05) is 13.1 Å². The smallest absolute Gasteiger partial charge is 0.309 e. The first-order valence-electron chi connectivity index (χ1n) is 8.88. The average Bonchev–Trinajstić information content (AvgIpc) is 2.52. The van der Waals surface area contributed by atoms with E-state index in [0.717, 1.165) is 12.8 Å². The Morgan fingerprint density at radius 1 is 1.28 bits per heavy atom. The van der Waals surface area contributed by atoms with Crippen molar-refractivity contribution in [3.8, 4) is 11.8 Å². The van der Waals surface area contributed by atoms with Crippen LogP contribution in [0.15, 0.2) is 0 Å². The molecule has 25 heavy (non-hydrogen) atoms. The molecule has 0 saturated carbocycles. The van der Waals surface area contributed by atoms with Crippen molar-refractivity contribution in [3.05, 3.63) is 0 Å². The van der Waals surface area contributed by atoms with Gasteiger partial charge in [-0.25, -0.2) is 0 Å². The van der Waals surface area contributed by atoms with Crippen LogP contribution in [0.5, 0.6) is 0 Å². The van der Waals surface area contributed by atoms with Gasteiger partial charge >= 0.3 is 5.97 Å². The van der Waals surface area contributed by atoms with Crippen LogP contribution in [0.4, 0.5) is 0 Å². The zero-order valence-electron chi connectivity index (χ0n) is 16.3. The number of rotatable bonds is 6. The second-order valence-corrected chi connectivity index (χ2v) is 7.72. The molecule has 1 rings (SSSR count). The monoisotopic (exact) mass is 352 g/mol. The van der Waals surface area contributed by atoms with Crippen molar-refractivity contribution in [2.75, 3.05) is 33.8 Å². The molecular formula is C19H32N2O4. The van der Waals surface area contributed by atoms with Crippen LogP contribution in [0, 0.1) is 23.7 Å². The van der Waals surface area contributed by atoms with E-state index in [2.05, 4.69) is 11.8 Å². The van der Waals surface area contributed by atoms with Crippen molar-refractivity contribution in [3.63, 3.8) is 0 Å². The SMILES string of the molecule is CC(C)C(COC1CCN(C(=O)C#CC(C)(C)N(C)C)CC1)C(=O)O. The zero-order chi connectivity index (χ0) is 19.2. The highest BCUT2D eigenvalue weighted by molar-refractivity contribution is 5.93. The molecule has 0 aromatic carbocycles. The van der Waals surface area contributed by atoms with E-state index in [0.29, 0.717) is 13.1 Å². The van der Waals surface area contributed by atoms with Gasteiger partial charge in [-0.1, -0.05) is 19.8 Å². The van der Waals surface area contributed by atoms with E-state index < -0.39 is 11.9 Å². The molecule has 0 bridgehead atoms. The summed E-state index contributed by atoms with van der Waals surface area (Å²) in [4.78, 5) is 27.2. The fourth-order valence-corrected chi connectivity index (χ4v) is 2.41. The molecule has 1 aliphatic heterocycles. The van der Waals surface area contributed by atoms with Crippen molar-refractivity contribution in [2.45, 2.75) is 52.2 Å². The van der Waals surface area contributed by atoms with Crippen molar-refractivity contribution in [1.82, 2.24) is 9.80 Å². The number of carboxylic acid groups (broad SMARTS) is 1. The molecule has 1 fully saturated rings. The van der Waals surface area contributed by atoms with Crippen molar-refractivity contribution >= 4 is 11.9 Å². The maximum Gasteiger partial charge on any atom is 0.309 e. The molecule has 0 aliphatic carbocycles. The van der Waals surface area contributed by atoms with Crippen molar-refractivity contribution in [1.29, 1.82) is 0 Å². The molecule has 1 saturated heterocycles. The van der Waals surface area contributed by atoms with Crippen LogP contribution in [0.2, 0.25) is 0 Å². The minimum absolute atomic E-state index is 0.0100. The maximum atomic E-state index is 12.2. The number of ether oxygens (including phenoxy) is 1. The third kappa shape index (κ3) is 6.68. The standard InChI is InChI=1S/C19H32N2O4/c1-14(2)16(18(23)24)13-25-15-8-11-21(12-9-15)17(22)7-10-19(3,4)20(5)6/h14-16H,8-9,11-13H2,1-6H3,(H,23,24). The third-order valence-electron chi connectivity index (χ3n) is 4.96. The Hall–Kier alpha value is -1.58. The molecular weight excluding hydrogens is 320 g/mol. The summed E-state index contributed by atoms with van der Waals surface area (Å²) in [6.45, 7) is 9.14. The minimum Gasteiger partial charge on any atom is -0.481 e. The van der Waals surface area contributed by atoms with E-state index in [-0.39, 0.29) is 30.1 Å². The molecule has 1 aliphatic rings. The summed E-state index contributed by atoms with van der Waals surface area (Å²) < 4.78 is 5.78. The van der Waals surface area contributed by atoms with Gasteiger partial charge in [-0.05, 0) is 52.6 Å². The van der Waals surface area contributed by atoms with E-state index in [1.165, 1.54) is 0 Å². The lowest BCUT2D eigenvalue weighted by molar-refractivity contribution is -0.147. The molecule has 1 N–H and O–H groups in total. The van der Waals surface area contributed by atoms with Gasteiger partial charge in [0.2, 0.25) is 0 Å². The highest BCUT2D eigenvalue weighted by Crippen LogP contribution is 2.18. The van der Waals surface area contributed by atoms with Crippen LogP contribution in [-0.2, 0) is 14.3 Å². The topological polar surface area (TPSA) is 70.1 Å². The number of amides is 1. The Labute approximate surface area is 151 Å². The number of hydrogen-bond acceptors (Lipinski definition) is 4. The third-order valence-corrected chi connectivity index (χ3v) is 4.96. The number of carbonyl (C=O) groups excluding carboxylic acids is 1. The second kappa shape index (κ2) is 9.21. The van der Waals surface area contributed by atoms with Crippen molar-refractivity contribution in [2.24, 2.45) is 11.8 Å². The number of likely N-dealkylation sites (tertiary alicyclic amines) is 1. The van der Waals surface area contributed by atoms with Gasteiger partial charge < -0.3 is 14.7 Å². The Morgan fingerprint density at radius 3 is 2.28 bits per heavy atom. The van der Waals surface area contributed by atoms with Gasteiger partial charge in [-0.2, -0.15) is 0 Å². The van der Waals surface area contributed by atoms with Gasteiger partial charge in [0.15, 0.2) is 0 Å². The first kappa shape index (κ1) is 21.5. The Morgan fingerprint density at radius 2 is 1.84 bits per heavy atom. The van der Waals surface area contributed by atoms with E-state index in [1.54, 1.807) is 4.90 Å². The lowest BCUT2D eigenvalue weighted by atomic mass is 9.97. The summed E-state index contributed by atoms with van der Waals surface area (Å²) in [5.74, 6) is 4.34. The largest absolute Gasteiger partial charge is 0.481 e. The van der Waals surface area contributed by atoms with E-state index >= 15 is 0 Å². The molecule has 142 valence electrons. The first-order chi connectivity index (χ1) is 11.5. The summed E-state index contributed by atoms with van der Waals surface area (Å²) in [5, 5.41) is 9.20. The van der Waals surface area contributed by atoms with Gasteiger partial charge in [0.1, 0.15) is 0 Å². The van der Waals surface area contributed by atoms with Crippen LogP contribution >= 0.6 is 0 Å². The second-order valence-electron chi connectivity index (χ2n) is 7.72. The summed E-state index contributed by atoms with van der Waals surface area (Å²) in [6.07, 6.45) is 1.44. The Bertz CT molecular complexity index is 523. The molecule has 1 atom stereocenters. The molecule has 0 aromatic rings. The molecule has 1 heterocycles.